The van der Waals surface area contributed by atoms with Crippen molar-refractivity contribution in [1.29, 1.82) is 0 Å². The molecule has 0 atom stereocenters. The van der Waals surface area contributed by atoms with E-state index in [4.69, 9.17) is 9.47 Å². The van der Waals surface area contributed by atoms with Crippen LogP contribution in [0.4, 0.5) is 0 Å². The summed E-state index contributed by atoms with van der Waals surface area (Å²) in [6, 6.07) is 7.05. The van der Waals surface area contributed by atoms with Crippen molar-refractivity contribution >= 4 is 11.9 Å². The van der Waals surface area contributed by atoms with Gasteiger partial charge in [-0.05, 0) is 25.5 Å². The first-order valence-electron chi connectivity index (χ1n) is 7.70. The highest BCUT2D eigenvalue weighted by Crippen LogP contribution is 2.19. The summed E-state index contributed by atoms with van der Waals surface area (Å²) in [6.45, 7) is 3.95. The zero-order chi connectivity index (χ0) is 17.1. The van der Waals surface area contributed by atoms with Crippen LogP contribution in [0.15, 0.2) is 24.3 Å². The van der Waals surface area contributed by atoms with E-state index in [1.54, 1.807) is 23.1 Å². The number of methoxy groups -OCH3 is 2. The second kappa shape index (κ2) is 10.6. The Labute approximate surface area is 137 Å². The molecular formula is C17H25NO5. The van der Waals surface area contributed by atoms with Gasteiger partial charge in [0.1, 0.15) is 5.75 Å². The molecule has 0 aromatic heterocycles. The van der Waals surface area contributed by atoms with E-state index in [1.807, 2.05) is 13.0 Å². The zero-order valence-electron chi connectivity index (χ0n) is 14.0. The third-order valence-electron chi connectivity index (χ3n) is 3.36. The Kier molecular flexibility index (Phi) is 8.75. The van der Waals surface area contributed by atoms with Gasteiger partial charge in [-0.3, -0.25) is 9.59 Å². The maximum absolute atomic E-state index is 12.7. The fourth-order valence-electron chi connectivity index (χ4n) is 2.14. The second-order valence-corrected chi connectivity index (χ2v) is 4.87. The topological polar surface area (TPSA) is 65.1 Å². The van der Waals surface area contributed by atoms with Crippen molar-refractivity contribution < 1.29 is 23.8 Å². The van der Waals surface area contributed by atoms with E-state index in [-0.39, 0.29) is 18.3 Å². The summed E-state index contributed by atoms with van der Waals surface area (Å²) in [6.07, 6.45) is 0.863. The van der Waals surface area contributed by atoms with Gasteiger partial charge in [-0.2, -0.15) is 0 Å². The molecule has 23 heavy (non-hydrogen) atoms. The molecule has 0 bridgehead atoms. The van der Waals surface area contributed by atoms with Crippen molar-refractivity contribution in [3.63, 3.8) is 0 Å². The number of amides is 1. The van der Waals surface area contributed by atoms with E-state index in [1.165, 1.54) is 14.2 Å². The van der Waals surface area contributed by atoms with Crippen molar-refractivity contribution in [1.82, 2.24) is 4.90 Å². The molecule has 1 aromatic carbocycles. The normalized spacial score (nSPS) is 10.2. The zero-order valence-corrected chi connectivity index (χ0v) is 14.0. The summed E-state index contributed by atoms with van der Waals surface area (Å²) in [4.78, 5) is 25.7. The number of rotatable bonds is 10. The Balaban J connectivity index is 2.79. The van der Waals surface area contributed by atoms with Crippen LogP contribution >= 0.6 is 0 Å². The van der Waals surface area contributed by atoms with Crippen LogP contribution in [0.3, 0.4) is 0 Å². The molecule has 1 aromatic rings. The molecule has 0 spiro atoms. The highest BCUT2D eigenvalue weighted by Gasteiger charge is 2.20. The number of hydrogen-bond acceptors (Lipinski definition) is 5. The fourth-order valence-corrected chi connectivity index (χ4v) is 2.14. The maximum atomic E-state index is 12.7. The molecule has 1 amide bonds. The van der Waals surface area contributed by atoms with E-state index < -0.39 is 0 Å². The number of nitrogens with zero attached hydrogens (tertiary/aromatic N) is 1. The van der Waals surface area contributed by atoms with E-state index in [2.05, 4.69) is 4.74 Å². The quantitative estimate of drug-likeness (QED) is 0.487. The molecule has 0 N–H and O–H groups in total. The molecule has 0 aliphatic rings. The molecule has 128 valence electrons. The minimum Gasteiger partial charge on any atom is -0.496 e. The van der Waals surface area contributed by atoms with E-state index in [0.717, 1.165) is 0 Å². The van der Waals surface area contributed by atoms with E-state index in [9.17, 15) is 9.59 Å². The molecule has 0 saturated heterocycles. The predicted octanol–water partition coefficient (Wildman–Crippen LogP) is 2.13. The lowest BCUT2D eigenvalue weighted by Crippen LogP contribution is -2.34. The summed E-state index contributed by atoms with van der Waals surface area (Å²) >= 11 is 0. The van der Waals surface area contributed by atoms with Crippen LogP contribution in [-0.2, 0) is 14.3 Å². The van der Waals surface area contributed by atoms with E-state index >= 15 is 0 Å². The molecule has 0 unspecified atom stereocenters. The van der Waals surface area contributed by atoms with Crippen LogP contribution in [0.5, 0.6) is 5.75 Å². The van der Waals surface area contributed by atoms with Gasteiger partial charge in [0.05, 0.1) is 26.2 Å². The van der Waals surface area contributed by atoms with Crippen LogP contribution in [0, 0.1) is 0 Å². The molecule has 0 saturated carbocycles. The molecule has 6 nitrogen and oxygen atoms in total. The van der Waals surface area contributed by atoms with E-state index in [0.29, 0.717) is 44.0 Å². The smallest absolute Gasteiger partial charge is 0.307 e. The number of carbonyl (C=O) groups is 2. The lowest BCUT2D eigenvalue weighted by Gasteiger charge is -2.23. The summed E-state index contributed by atoms with van der Waals surface area (Å²) in [7, 11) is 2.86. The SMILES string of the molecule is CCOCCCN(CCC(=O)OC)C(=O)c1ccccc1OC. The summed E-state index contributed by atoms with van der Waals surface area (Å²) in [5, 5.41) is 0. The van der Waals surface area contributed by atoms with Crippen molar-refractivity contribution in [3.05, 3.63) is 29.8 Å². The molecule has 0 fully saturated rings. The minimum atomic E-state index is -0.340. The number of benzene rings is 1. The third-order valence-corrected chi connectivity index (χ3v) is 3.36. The van der Waals surface area contributed by atoms with Crippen LogP contribution < -0.4 is 4.74 Å². The van der Waals surface area contributed by atoms with Gasteiger partial charge in [0.2, 0.25) is 0 Å². The number of esters is 1. The van der Waals surface area contributed by atoms with Gasteiger partial charge < -0.3 is 19.1 Å². The van der Waals surface area contributed by atoms with Gasteiger partial charge in [0, 0.05) is 26.3 Å². The first-order chi connectivity index (χ1) is 11.1. The fraction of sp³-hybridized carbons (Fsp3) is 0.529. The van der Waals surface area contributed by atoms with Gasteiger partial charge in [0.25, 0.3) is 5.91 Å². The Morgan fingerprint density at radius 2 is 1.87 bits per heavy atom. The highest BCUT2D eigenvalue weighted by molar-refractivity contribution is 5.97. The number of ether oxygens (including phenoxy) is 3. The van der Waals surface area contributed by atoms with Crippen molar-refractivity contribution in [2.75, 3.05) is 40.5 Å². The first kappa shape index (κ1) is 19.0. The molecule has 0 radical (unpaired) electrons. The van der Waals surface area contributed by atoms with Gasteiger partial charge in [-0.15, -0.1) is 0 Å². The Hall–Kier alpha value is -2.08. The molecule has 6 heteroatoms. The van der Waals surface area contributed by atoms with Crippen LogP contribution in [0.25, 0.3) is 0 Å². The van der Waals surface area contributed by atoms with Gasteiger partial charge in [0.15, 0.2) is 0 Å². The molecule has 0 aliphatic heterocycles. The summed E-state index contributed by atoms with van der Waals surface area (Å²) < 4.78 is 15.2. The minimum absolute atomic E-state index is 0.159. The van der Waals surface area contributed by atoms with Crippen LogP contribution in [-0.4, -0.2) is 57.3 Å². The van der Waals surface area contributed by atoms with Crippen molar-refractivity contribution in [2.45, 2.75) is 19.8 Å². The lowest BCUT2D eigenvalue weighted by molar-refractivity contribution is -0.140. The summed E-state index contributed by atoms with van der Waals surface area (Å²) in [5.74, 6) is 0.0147. The largest absolute Gasteiger partial charge is 0.496 e. The summed E-state index contributed by atoms with van der Waals surface area (Å²) in [5.41, 5.74) is 0.483. The highest BCUT2D eigenvalue weighted by atomic mass is 16.5. The van der Waals surface area contributed by atoms with Gasteiger partial charge in [-0.1, -0.05) is 12.1 Å². The third kappa shape index (κ3) is 6.28. The Morgan fingerprint density at radius 3 is 2.52 bits per heavy atom. The lowest BCUT2D eigenvalue weighted by atomic mass is 10.1. The molecular weight excluding hydrogens is 298 g/mol. The first-order valence-corrected chi connectivity index (χ1v) is 7.70. The predicted molar refractivity (Wildman–Crippen MR) is 86.6 cm³/mol. The Morgan fingerprint density at radius 1 is 1.13 bits per heavy atom. The van der Waals surface area contributed by atoms with Crippen molar-refractivity contribution in [3.8, 4) is 5.75 Å². The van der Waals surface area contributed by atoms with Gasteiger partial charge in [-0.25, -0.2) is 0 Å². The molecule has 0 heterocycles. The number of para-hydroxylation sites is 1. The Bertz CT molecular complexity index is 504. The molecule has 1 rings (SSSR count). The average Bonchev–Trinajstić information content (AvgIpc) is 2.60. The second-order valence-electron chi connectivity index (χ2n) is 4.87. The monoisotopic (exact) mass is 323 g/mol. The van der Waals surface area contributed by atoms with Crippen LogP contribution in [0.2, 0.25) is 0 Å². The van der Waals surface area contributed by atoms with Crippen molar-refractivity contribution in [2.24, 2.45) is 0 Å². The standard InChI is InChI=1S/C17H25NO5/c1-4-23-13-7-11-18(12-10-16(19)22-3)17(20)14-8-5-6-9-15(14)21-2/h5-6,8-9H,4,7,10-13H2,1-3H3. The van der Waals surface area contributed by atoms with Gasteiger partial charge >= 0.3 is 5.97 Å². The maximum Gasteiger partial charge on any atom is 0.307 e. The average molecular weight is 323 g/mol. The van der Waals surface area contributed by atoms with Crippen LogP contribution in [0.1, 0.15) is 30.1 Å². The number of carbonyl (C=O) groups excluding carboxylic acids is 2. The number of hydrogen-bond donors (Lipinski definition) is 0. The molecule has 0 aliphatic carbocycles.